The molecule has 2 aromatic carbocycles. The van der Waals surface area contributed by atoms with Gasteiger partial charge in [-0.25, -0.2) is 4.98 Å². The van der Waals surface area contributed by atoms with Crippen LogP contribution in [0.1, 0.15) is 35.6 Å². The van der Waals surface area contributed by atoms with Crippen molar-refractivity contribution in [3.8, 4) is 0 Å². The van der Waals surface area contributed by atoms with E-state index in [2.05, 4.69) is 10.3 Å². The summed E-state index contributed by atoms with van der Waals surface area (Å²) in [6.07, 6.45) is 0.853. The molecule has 1 aromatic heterocycles. The molecule has 1 unspecified atom stereocenters. The molecule has 29 heavy (non-hydrogen) atoms. The van der Waals surface area contributed by atoms with Gasteiger partial charge in [0.2, 0.25) is 0 Å². The average molecular weight is 407 g/mol. The number of anilines is 1. The molecule has 3 N–H and O–H groups in total. The summed E-state index contributed by atoms with van der Waals surface area (Å²) in [5, 5.41) is 22.8. The minimum Gasteiger partial charge on any atom is -0.510 e. The average Bonchev–Trinajstić information content (AvgIpc) is 3.27. The number of nitrogens with one attached hydrogen (secondary N) is 2. The fraction of sp³-hybridized carbons (Fsp3) is 0.227. The monoisotopic (exact) mass is 406 g/mol. The fourth-order valence-corrected chi connectivity index (χ4v) is 4.26. The molecule has 3 aromatic rings. The van der Waals surface area contributed by atoms with E-state index >= 15 is 0 Å². The van der Waals surface area contributed by atoms with Gasteiger partial charge in [-0.15, -0.1) is 11.3 Å². The normalized spacial score (nSPS) is 15.2. The number of aromatic nitrogens is 1. The van der Waals surface area contributed by atoms with Gasteiger partial charge in [0.15, 0.2) is 0 Å². The van der Waals surface area contributed by atoms with Gasteiger partial charge < -0.3 is 15.3 Å². The summed E-state index contributed by atoms with van der Waals surface area (Å²) >= 11 is 1.46. The third kappa shape index (κ3) is 3.61. The lowest BCUT2D eigenvalue weighted by molar-refractivity contribution is 0.0939. The maximum atomic E-state index is 12.5. The molecule has 0 fully saturated rings. The molecule has 6 nitrogen and oxygen atoms in total. The maximum absolute atomic E-state index is 12.5. The van der Waals surface area contributed by atoms with Gasteiger partial charge in [0.25, 0.3) is 5.91 Å². The predicted molar refractivity (Wildman–Crippen MR) is 118 cm³/mol. The second kappa shape index (κ2) is 7.67. The van der Waals surface area contributed by atoms with Gasteiger partial charge in [-0.3, -0.25) is 10.2 Å². The van der Waals surface area contributed by atoms with E-state index < -0.39 is 0 Å². The molecule has 1 aliphatic rings. The topological polar surface area (TPSA) is 89.3 Å². The first kappa shape index (κ1) is 19.1. The number of para-hydroxylation sites is 1. The molecule has 7 heteroatoms. The first-order valence-corrected chi connectivity index (χ1v) is 10.3. The SMILES string of the molecule is CCC(C)NC(=O)c1cccc(N2CC(O)=C(c3nc4ccccc4s3)C2=N)c1. The van der Waals surface area contributed by atoms with Crippen LogP contribution in [0.2, 0.25) is 0 Å². The van der Waals surface area contributed by atoms with Gasteiger partial charge in [0.1, 0.15) is 16.6 Å². The minimum absolute atomic E-state index is 0.0904. The Morgan fingerprint density at radius 3 is 2.86 bits per heavy atom. The highest BCUT2D eigenvalue weighted by Crippen LogP contribution is 2.35. The molecule has 0 radical (unpaired) electrons. The zero-order chi connectivity index (χ0) is 20.5. The second-order valence-electron chi connectivity index (χ2n) is 7.08. The summed E-state index contributed by atoms with van der Waals surface area (Å²) in [7, 11) is 0. The third-order valence-corrected chi connectivity index (χ3v) is 6.07. The molecule has 0 bridgehead atoms. The van der Waals surface area contributed by atoms with Crippen LogP contribution in [0.3, 0.4) is 0 Å². The highest BCUT2D eigenvalue weighted by atomic mass is 32.1. The molecule has 0 saturated heterocycles. The first-order valence-electron chi connectivity index (χ1n) is 9.53. The second-order valence-corrected chi connectivity index (χ2v) is 8.11. The Hall–Kier alpha value is -3.19. The summed E-state index contributed by atoms with van der Waals surface area (Å²) in [5.41, 5.74) is 2.52. The number of carbonyl (C=O) groups is 1. The van der Waals surface area contributed by atoms with E-state index in [1.54, 1.807) is 23.1 Å². The molecule has 1 atom stereocenters. The molecule has 0 saturated carbocycles. The van der Waals surface area contributed by atoms with Crippen LogP contribution in [-0.4, -0.2) is 34.4 Å². The van der Waals surface area contributed by atoms with Crippen LogP contribution in [0.25, 0.3) is 15.8 Å². The zero-order valence-electron chi connectivity index (χ0n) is 16.3. The van der Waals surface area contributed by atoms with Crippen LogP contribution in [0.4, 0.5) is 5.69 Å². The largest absolute Gasteiger partial charge is 0.510 e. The van der Waals surface area contributed by atoms with E-state index in [1.807, 2.05) is 44.2 Å². The minimum atomic E-state index is -0.143. The van der Waals surface area contributed by atoms with E-state index in [-0.39, 0.29) is 30.1 Å². The lowest BCUT2D eigenvalue weighted by atomic mass is 10.1. The van der Waals surface area contributed by atoms with Crippen LogP contribution in [0.15, 0.2) is 54.3 Å². The lowest BCUT2D eigenvalue weighted by Gasteiger charge is -2.19. The van der Waals surface area contributed by atoms with Gasteiger partial charge in [-0.05, 0) is 43.7 Å². The van der Waals surface area contributed by atoms with Crippen molar-refractivity contribution in [1.82, 2.24) is 10.3 Å². The molecular formula is C22H22N4O2S. The molecule has 4 rings (SSSR count). The van der Waals surface area contributed by atoms with Crippen molar-refractivity contribution in [2.45, 2.75) is 26.3 Å². The van der Waals surface area contributed by atoms with Crippen LogP contribution >= 0.6 is 11.3 Å². The molecule has 148 valence electrons. The lowest BCUT2D eigenvalue weighted by Crippen LogP contribution is -2.32. The zero-order valence-corrected chi connectivity index (χ0v) is 17.1. The summed E-state index contributed by atoms with van der Waals surface area (Å²) < 4.78 is 1.01. The van der Waals surface area contributed by atoms with Crippen molar-refractivity contribution in [2.75, 3.05) is 11.4 Å². The number of fused-ring (bicyclic) bond motifs is 1. The van der Waals surface area contributed by atoms with Gasteiger partial charge >= 0.3 is 0 Å². The summed E-state index contributed by atoms with van der Waals surface area (Å²) in [4.78, 5) is 18.7. The van der Waals surface area contributed by atoms with Crippen LogP contribution in [0, 0.1) is 5.41 Å². The molecule has 2 heterocycles. The number of benzene rings is 2. The Morgan fingerprint density at radius 2 is 2.10 bits per heavy atom. The van der Waals surface area contributed by atoms with E-state index in [4.69, 9.17) is 5.41 Å². The van der Waals surface area contributed by atoms with Crippen LogP contribution < -0.4 is 10.2 Å². The summed E-state index contributed by atoms with van der Waals surface area (Å²) in [6.45, 7) is 4.16. The summed E-state index contributed by atoms with van der Waals surface area (Å²) in [6, 6.07) is 15.0. The number of hydrogen-bond donors (Lipinski definition) is 3. The summed E-state index contributed by atoms with van der Waals surface area (Å²) in [5.74, 6) is 0.153. The first-order chi connectivity index (χ1) is 14.0. The number of amidine groups is 1. The van der Waals surface area contributed by atoms with Crippen molar-refractivity contribution in [3.05, 3.63) is 64.9 Å². The Kier molecular flexibility index (Phi) is 5.07. The van der Waals surface area contributed by atoms with Crippen molar-refractivity contribution >= 4 is 44.6 Å². The van der Waals surface area contributed by atoms with Crippen molar-refractivity contribution in [3.63, 3.8) is 0 Å². The quantitative estimate of drug-likeness (QED) is 0.578. The predicted octanol–water partition coefficient (Wildman–Crippen LogP) is 4.59. The molecule has 0 spiro atoms. The van der Waals surface area contributed by atoms with Crippen molar-refractivity contribution < 1.29 is 9.90 Å². The van der Waals surface area contributed by atoms with Gasteiger partial charge in [0.05, 0.1) is 22.3 Å². The number of nitrogens with zero attached hydrogens (tertiary/aromatic N) is 2. The number of thiazole rings is 1. The van der Waals surface area contributed by atoms with E-state index in [0.29, 0.717) is 21.8 Å². The van der Waals surface area contributed by atoms with E-state index in [9.17, 15) is 9.90 Å². The Morgan fingerprint density at radius 1 is 1.31 bits per heavy atom. The Balaban J connectivity index is 1.61. The van der Waals surface area contributed by atoms with Gasteiger partial charge in [0, 0.05) is 17.3 Å². The third-order valence-electron chi connectivity index (χ3n) is 5.02. The number of aliphatic hydroxyl groups is 1. The fourth-order valence-electron chi connectivity index (χ4n) is 3.23. The smallest absolute Gasteiger partial charge is 0.251 e. The van der Waals surface area contributed by atoms with Crippen LogP contribution in [-0.2, 0) is 0 Å². The molecular weight excluding hydrogens is 384 g/mol. The Bertz CT molecular complexity index is 1100. The highest BCUT2D eigenvalue weighted by Gasteiger charge is 2.31. The molecule has 1 aliphatic heterocycles. The standard InChI is InChI=1S/C22H22N4O2S/c1-3-13(2)24-21(28)14-7-6-8-15(11-14)26-12-17(27)19(20(26)23)22-25-16-9-4-5-10-18(16)29-22/h4-11,13,23,27H,3,12H2,1-2H3,(H,24,28). The molecule has 0 aliphatic carbocycles. The highest BCUT2D eigenvalue weighted by molar-refractivity contribution is 7.19. The Labute approximate surface area is 173 Å². The van der Waals surface area contributed by atoms with Crippen molar-refractivity contribution in [1.29, 1.82) is 5.41 Å². The maximum Gasteiger partial charge on any atom is 0.251 e. The van der Waals surface area contributed by atoms with Gasteiger partial charge in [-0.2, -0.15) is 0 Å². The van der Waals surface area contributed by atoms with E-state index in [0.717, 1.165) is 16.6 Å². The van der Waals surface area contributed by atoms with Gasteiger partial charge in [-0.1, -0.05) is 25.1 Å². The van der Waals surface area contributed by atoms with Crippen molar-refractivity contribution in [2.24, 2.45) is 0 Å². The number of carbonyl (C=O) groups excluding carboxylic acids is 1. The number of hydrogen-bond acceptors (Lipinski definition) is 5. The van der Waals surface area contributed by atoms with E-state index in [1.165, 1.54) is 11.3 Å². The number of amides is 1. The number of rotatable bonds is 5. The van der Waals surface area contributed by atoms with Crippen LogP contribution in [0.5, 0.6) is 0 Å². The molecule has 1 amide bonds. The number of aliphatic hydroxyl groups excluding tert-OH is 1.